The van der Waals surface area contributed by atoms with Crippen LogP contribution in [0.3, 0.4) is 0 Å². The smallest absolute Gasteiger partial charge is 0.223 e. The SMILES string of the molecule is CCOc1ccc(C(=O)CCC(=O)N2CCCC2c2nnc3ccccn23)cc1. The number of fused-ring (bicyclic) bond motifs is 1. The van der Waals surface area contributed by atoms with Gasteiger partial charge in [-0.15, -0.1) is 10.2 Å². The molecule has 3 aromatic rings. The zero-order chi connectivity index (χ0) is 20.2. The minimum Gasteiger partial charge on any atom is -0.494 e. The van der Waals surface area contributed by atoms with Gasteiger partial charge in [0.25, 0.3) is 0 Å². The lowest BCUT2D eigenvalue weighted by Crippen LogP contribution is -2.31. The van der Waals surface area contributed by atoms with Crippen LogP contribution in [0, 0.1) is 0 Å². The highest BCUT2D eigenvalue weighted by molar-refractivity contribution is 5.98. The van der Waals surface area contributed by atoms with Crippen molar-refractivity contribution in [1.29, 1.82) is 0 Å². The molecule has 1 atom stereocenters. The van der Waals surface area contributed by atoms with E-state index in [-0.39, 0.29) is 30.6 Å². The van der Waals surface area contributed by atoms with Crippen LogP contribution in [-0.4, -0.2) is 44.3 Å². The van der Waals surface area contributed by atoms with E-state index in [0.29, 0.717) is 18.7 Å². The van der Waals surface area contributed by atoms with Gasteiger partial charge in [-0.1, -0.05) is 6.07 Å². The molecule has 0 radical (unpaired) electrons. The van der Waals surface area contributed by atoms with E-state index in [0.717, 1.165) is 30.1 Å². The molecule has 1 aliphatic rings. The molecule has 1 amide bonds. The Morgan fingerprint density at radius 3 is 2.72 bits per heavy atom. The number of likely N-dealkylation sites (tertiary alicyclic amines) is 1. The number of benzene rings is 1. The highest BCUT2D eigenvalue weighted by Gasteiger charge is 2.33. The number of hydrogen-bond donors (Lipinski definition) is 0. The third kappa shape index (κ3) is 3.99. The Bertz CT molecular complexity index is 1010. The molecule has 0 N–H and O–H groups in total. The van der Waals surface area contributed by atoms with Gasteiger partial charge in [-0.3, -0.25) is 14.0 Å². The fraction of sp³-hybridized carbons (Fsp3) is 0.364. The lowest BCUT2D eigenvalue weighted by molar-refractivity contribution is -0.132. The summed E-state index contributed by atoms with van der Waals surface area (Å²) in [6.07, 6.45) is 4.08. The van der Waals surface area contributed by atoms with Crippen LogP contribution in [0.15, 0.2) is 48.7 Å². The van der Waals surface area contributed by atoms with Gasteiger partial charge >= 0.3 is 0 Å². The number of ether oxygens (including phenoxy) is 1. The summed E-state index contributed by atoms with van der Waals surface area (Å²) in [6.45, 7) is 3.18. The van der Waals surface area contributed by atoms with Crippen LogP contribution in [-0.2, 0) is 4.79 Å². The van der Waals surface area contributed by atoms with E-state index in [1.165, 1.54) is 0 Å². The average molecular weight is 392 g/mol. The van der Waals surface area contributed by atoms with E-state index in [9.17, 15) is 9.59 Å². The van der Waals surface area contributed by atoms with Crippen LogP contribution in [0.4, 0.5) is 0 Å². The number of nitrogens with zero attached hydrogens (tertiary/aromatic N) is 4. The van der Waals surface area contributed by atoms with Gasteiger partial charge < -0.3 is 9.64 Å². The number of ketones is 1. The van der Waals surface area contributed by atoms with Gasteiger partial charge in [0.2, 0.25) is 5.91 Å². The van der Waals surface area contributed by atoms with Crippen molar-refractivity contribution in [2.45, 2.75) is 38.6 Å². The van der Waals surface area contributed by atoms with Crippen molar-refractivity contribution in [2.24, 2.45) is 0 Å². The molecule has 1 aromatic carbocycles. The molecule has 2 aromatic heterocycles. The number of pyridine rings is 1. The molecule has 0 saturated carbocycles. The molecular weight excluding hydrogens is 368 g/mol. The topological polar surface area (TPSA) is 76.8 Å². The van der Waals surface area contributed by atoms with Gasteiger partial charge in [0.1, 0.15) is 5.75 Å². The van der Waals surface area contributed by atoms with Crippen molar-refractivity contribution in [1.82, 2.24) is 19.5 Å². The maximum absolute atomic E-state index is 12.9. The van der Waals surface area contributed by atoms with Crippen LogP contribution in [0.2, 0.25) is 0 Å². The van der Waals surface area contributed by atoms with E-state index in [4.69, 9.17) is 4.74 Å². The summed E-state index contributed by atoms with van der Waals surface area (Å²) < 4.78 is 7.33. The van der Waals surface area contributed by atoms with Crippen molar-refractivity contribution in [2.75, 3.05) is 13.2 Å². The predicted molar refractivity (Wildman–Crippen MR) is 108 cm³/mol. The first-order valence-electron chi connectivity index (χ1n) is 10.0. The Kier molecular flexibility index (Phi) is 5.55. The molecule has 3 heterocycles. The molecule has 1 saturated heterocycles. The van der Waals surface area contributed by atoms with Gasteiger partial charge in [0.05, 0.1) is 12.6 Å². The number of rotatable bonds is 7. The summed E-state index contributed by atoms with van der Waals surface area (Å²) in [5.41, 5.74) is 1.37. The van der Waals surface area contributed by atoms with Crippen molar-refractivity contribution in [3.63, 3.8) is 0 Å². The molecule has 7 nitrogen and oxygen atoms in total. The molecule has 0 aliphatic carbocycles. The molecule has 7 heteroatoms. The predicted octanol–water partition coefficient (Wildman–Crippen LogP) is 3.45. The second kappa shape index (κ2) is 8.43. The van der Waals surface area contributed by atoms with Crippen LogP contribution in [0.5, 0.6) is 5.75 Å². The van der Waals surface area contributed by atoms with Crippen LogP contribution in [0.1, 0.15) is 54.8 Å². The van der Waals surface area contributed by atoms with E-state index >= 15 is 0 Å². The second-order valence-corrected chi connectivity index (χ2v) is 7.11. The summed E-state index contributed by atoms with van der Waals surface area (Å²) >= 11 is 0. The zero-order valence-electron chi connectivity index (χ0n) is 16.5. The maximum Gasteiger partial charge on any atom is 0.223 e. The summed E-state index contributed by atoms with van der Waals surface area (Å²) in [4.78, 5) is 27.2. The fourth-order valence-electron chi connectivity index (χ4n) is 3.83. The second-order valence-electron chi connectivity index (χ2n) is 7.11. The van der Waals surface area contributed by atoms with Crippen molar-refractivity contribution >= 4 is 17.3 Å². The first-order valence-corrected chi connectivity index (χ1v) is 10.0. The summed E-state index contributed by atoms with van der Waals surface area (Å²) in [5, 5.41) is 8.52. The average Bonchev–Trinajstić information content (AvgIpc) is 3.39. The normalized spacial score (nSPS) is 16.3. The standard InChI is InChI=1S/C22H24N4O3/c1-2-29-17-10-8-16(9-11-17)19(27)12-13-21(28)25-15-5-6-18(25)22-24-23-20-7-3-4-14-26(20)22/h3-4,7-11,14,18H,2,5-6,12-13,15H2,1H3. The third-order valence-corrected chi connectivity index (χ3v) is 5.26. The van der Waals surface area contributed by atoms with Gasteiger partial charge in [-0.2, -0.15) is 0 Å². The number of amides is 1. The molecule has 0 bridgehead atoms. The van der Waals surface area contributed by atoms with Gasteiger partial charge in [0.15, 0.2) is 17.3 Å². The summed E-state index contributed by atoms with van der Waals surface area (Å²) in [5.74, 6) is 1.47. The Labute approximate surface area is 169 Å². The first-order chi connectivity index (χ1) is 14.2. The van der Waals surface area contributed by atoms with E-state index in [1.54, 1.807) is 24.3 Å². The minimum absolute atomic E-state index is 0.0144. The summed E-state index contributed by atoms with van der Waals surface area (Å²) in [6, 6.07) is 12.7. The number of carbonyl (C=O) groups is 2. The molecule has 29 heavy (non-hydrogen) atoms. The van der Waals surface area contributed by atoms with Crippen LogP contribution >= 0.6 is 0 Å². The largest absolute Gasteiger partial charge is 0.494 e. The molecule has 150 valence electrons. The lowest BCUT2D eigenvalue weighted by atomic mass is 10.1. The maximum atomic E-state index is 12.9. The first kappa shape index (κ1) is 19.1. The quantitative estimate of drug-likeness (QED) is 0.576. The van der Waals surface area contributed by atoms with Crippen molar-refractivity contribution < 1.29 is 14.3 Å². The summed E-state index contributed by atoms with van der Waals surface area (Å²) in [7, 11) is 0. The van der Waals surface area contributed by atoms with Crippen LogP contribution in [0.25, 0.3) is 5.65 Å². The molecule has 1 fully saturated rings. The van der Waals surface area contributed by atoms with Gasteiger partial charge in [-0.25, -0.2) is 0 Å². The molecule has 0 spiro atoms. The van der Waals surface area contributed by atoms with Gasteiger partial charge in [-0.05, 0) is 56.2 Å². The Hall–Kier alpha value is -3.22. The Morgan fingerprint density at radius 1 is 1.10 bits per heavy atom. The molecule has 1 aliphatic heterocycles. The molecule has 4 rings (SSSR count). The lowest BCUT2D eigenvalue weighted by Gasteiger charge is -2.23. The number of Topliss-reactive ketones (excluding diaryl/α,β-unsaturated/α-hetero) is 1. The van der Waals surface area contributed by atoms with Crippen molar-refractivity contribution in [3.8, 4) is 5.75 Å². The number of hydrogen-bond acceptors (Lipinski definition) is 5. The number of carbonyl (C=O) groups excluding carboxylic acids is 2. The Morgan fingerprint density at radius 2 is 1.93 bits per heavy atom. The van der Waals surface area contributed by atoms with Crippen molar-refractivity contribution in [3.05, 3.63) is 60.0 Å². The monoisotopic (exact) mass is 392 g/mol. The molecule has 1 unspecified atom stereocenters. The fourth-order valence-corrected chi connectivity index (χ4v) is 3.83. The zero-order valence-corrected chi connectivity index (χ0v) is 16.5. The highest BCUT2D eigenvalue weighted by atomic mass is 16.5. The van der Waals surface area contributed by atoms with E-state index in [2.05, 4.69) is 10.2 Å². The van der Waals surface area contributed by atoms with Gasteiger partial charge in [0, 0.05) is 31.1 Å². The van der Waals surface area contributed by atoms with E-state index in [1.807, 2.05) is 40.6 Å². The van der Waals surface area contributed by atoms with E-state index < -0.39 is 0 Å². The number of aromatic nitrogens is 3. The van der Waals surface area contributed by atoms with Crippen LogP contribution < -0.4 is 4.74 Å². The highest BCUT2D eigenvalue weighted by Crippen LogP contribution is 2.31. The minimum atomic E-state index is -0.0968. The molecular formula is C22H24N4O3. The third-order valence-electron chi connectivity index (χ3n) is 5.26. The Balaban J connectivity index is 1.40.